The number of ether oxygens (including phenoxy) is 1. The number of nitrogens with one attached hydrogen (secondary N) is 1. The number of amides is 1. The van der Waals surface area contributed by atoms with Crippen LogP contribution in [0.25, 0.3) is 0 Å². The molecule has 30 heavy (non-hydrogen) atoms. The molecule has 0 aliphatic heterocycles. The van der Waals surface area contributed by atoms with Gasteiger partial charge in [-0.1, -0.05) is 60.7 Å². The second-order valence-corrected chi connectivity index (χ2v) is 8.59. The smallest absolute Gasteiger partial charge is 0.408 e. The van der Waals surface area contributed by atoms with Gasteiger partial charge < -0.3 is 20.9 Å². The molecule has 0 saturated heterocycles. The number of ketones is 1. The van der Waals surface area contributed by atoms with Crippen LogP contribution in [0.2, 0.25) is 0 Å². The summed E-state index contributed by atoms with van der Waals surface area (Å²) in [4.78, 5) is 35.7. The van der Waals surface area contributed by atoms with Gasteiger partial charge in [-0.05, 0) is 11.1 Å². The van der Waals surface area contributed by atoms with Gasteiger partial charge in [-0.15, -0.1) is 0 Å². The fraction of sp³-hybridized carbons (Fsp3) is 0.250. The Morgan fingerprint density at radius 1 is 0.967 bits per heavy atom. The van der Waals surface area contributed by atoms with Gasteiger partial charge in [0.2, 0.25) is 0 Å². The molecular formula is C20H22N2O7S. The van der Waals surface area contributed by atoms with Crippen molar-refractivity contribution in [3.8, 4) is 0 Å². The second kappa shape index (κ2) is 10.5. The van der Waals surface area contributed by atoms with Crippen LogP contribution in [0, 0.1) is 0 Å². The number of aliphatic carboxylic acids is 1. The summed E-state index contributed by atoms with van der Waals surface area (Å²) in [7, 11) is -4.14. The van der Waals surface area contributed by atoms with Crippen LogP contribution in [0.5, 0.6) is 0 Å². The highest BCUT2D eigenvalue weighted by molar-refractivity contribution is 7.92. The molecule has 0 aliphatic rings. The molecule has 2 aromatic carbocycles. The van der Waals surface area contributed by atoms with Crippen LogP contribution in [-0.2, 0) is 36.5 Å². The summed E-state index contributed by atoms with van der Waals surface area (Å²) in [5.41, 5.74) is 6.74. The summed E-state index contributed by atoms with van der Waals surface area (Å²) < 4.78 is 29.9. The first kappa shape index (κ1) is 23.0. The van der Waals surface area contributed by atoms with Gasteiger partial charge in [0.1, 0.15) is 12.6 Å². The van der Waals surface area contributed by atoms with E-state index < -0.39 is 51.3 Å². The predicted octanol–water partition coefficient (Wildman–Crippen LogP) is 1.23. The van der Waals surface area contributed by atoms with Gasteiger partial charge in [0.15, 0.2) is 21.0 Å². The van der Waals surface area contributed by atoms with E-state index in [4.69, 9.17) is 15.6 Å². The summed E-state index contributed by atoms with van der Waals surface area (Å²) in [6.07, 6.45) is -1.90. The Hall–Kier alpha value is -3.24. The highest BCUT2D eigenvalue weighted by Gasteiger charge is 2.36. The zero-order chi connectivity index (χ0) is 22.1. The Balaban J connectivity index is 2.05. The molecule has 0 fully saturated rings. The van der Waals surface area contributed by atoms with E-state index in [-0.39, 0.29) is 6.61 Å². The fourth-order valence-corrected chi connectivity index (χ4v) is 3.93. The Bertz CT molecular complexity index is 979. The lowest BCUT2D eigenvalue weighted by molar-refractivity contribution is -0.139. The molecular weight excluding hydrogens is 412 g/mol. The average molecular weight is 434 g/mol. The lowest BCUT2D eigenvalue weighted by Gasteiger charge is -2.20. The number of carbonyl (C=O) groups excluding carboxylic acids is 2. The summed E-state index contributed by atoms with van der Waals surface area (Å²) in [6.45, 7) is -0.112. The van der Waals surface area contributed by atoms with E-state index >= 15 is 0 Å². The van der Waals surface area contributed by atoms with Gasteiger partial charge in [-0.2, -0.15) is 0 Å². The Morgan fingerprint density at radius 2 is 1.50 bits per heavy atom. The minimum absolute atomic E-state index is 0.112. The van der Waals surface area contributed by atoms with Gasteiger partial charge in [0.05, 0.1) is 12.2 Å². The Morgan fingerprint density at radius 3 is 2.03 bits per heavy atom. The Labute approximate surface area is 173 Å². The number of sulfone groups is 1. The molecule has 160 valence electrons. The molecule has 2 atom stereocenters. The molecule has 0 radical (unpaired) electrons. The highest BCUT2D eigenvalue weighted by Crippen LogP contribution is 2.12. The van der Waals surface area contributed by atoms with Crippen molar-refractivity contribution in [2.45, 2.75) is 30.2 Å². The van der Waals surface area contributed by atoms with Gasteiger partial charge in [0, 0.05) is 0 Å². The van der Waals surface area contributed by atoms with E-state index in [1.54, 1.807) is 60.7 Å². The van der Waals surface area contributed by atoms with E-state index in [0.717, 1.165) is 0 Å². The average Bonchev–Trinajstić information content (AvgIpc) is 2.71. The molecule has 2 rings (SSSR count). The van der Waals surface area contributed by atoms with Crippen LogP contribution in [0.15, 0.2) is 60.7 Å². The number of rotatable bonds is 10. The number of Topliss-reactive ketones (excluding diaryl/α,β-unsaturated/α-hetero) is 1. The second-order valence-electron chi connectivity index (χ2n) is 6.47. The number of carbonyl (C=O) groups is 3. The van der Waals surface area contributed by atoms with E-state index in [1.165, 1.54) is 0 Å². The van der Waals surface area contributed by atoms with Crippen molar-refractivity contribution in [2.24, 2.45) is 5.73 Å². The van der Waals surface area contributed by atoms with Gasteiger partial charge >= 0.3 is 12.1 Å². The van der Waals surface area contributed by atoms with Crippen molar-refractivity contribution < 1.29 is 32.6 Å². The van der Waals surface area contributed by atoms with Gasteiger partial charge in [-0.25, -0.2) is 13.2 Å². The van der Waals surface area contributed by atoms with Crippen molar-refractivity contribution in [2.75, 3.05) is 0 Å². The maximum Gasteiger partial charge on any atom is 0.408 e. The first-order valence-electron chi connectivity index (χ1n) is 8.93. The third-order valence-electron chi connectivity index (χ3n) is 4.11. The van der Waals surface area contributed by atoms with E-state index in [0.29, 0.717) is 11.1 Å². The van der Waals surface area contributed by atoms with E-state index in [9.17, 15) is 22.8 Å². The zero-order valence-electron chi connectivity index (χ0n) is 15.9. The molecule has 0 aromatic heterocycles. The molecule has 2 unspecified atom stereocenters. The minimum Gasteiger partial charge on any atom is -0.481 e. The lowest BCUT2D eigenvalue weighted by atomic mass is 10.1. The molecule has 0 saturated carbocycles. The highest BCUT2D eigenvalue weighted by atomic mass is 32.2. The lowest BCUT2D eigenvalue weighted by Crippen LogP contribution is -2.52. The number of hydrogen-bond donors (Lipinski definition) is 3. The molecule has 10 heteroatoms. The standard InChI is InChI=1S/C20H22N2O7S/c21-19(30(27,28)13-15-9-5-2-6-10-15)18(25)16(11-17(23)24)22-20(26)29-12-14-7-3-1-4-8-14/h1-10,16,19H,11-13,21H2,(H,22,26)(H,23,24). The largest absolute Gasteiger partial charge is 0.481 e. The molecule has 4 N–H and O–H groups in total. The number of nitrogens with two attached hydrogens (primary N) is 1. The summed E-state index contributed by atoms with van der Waals surface area (Å²) in [5, 5.41) is 9.13. The van der Waals surface area contributed by atoms with Crippen molar-refractivity contribution in [1.82, 2.24) is 5.32 Å². The van der Waals surface area contributed by atoms with Crippen LogP contribution < -0.4 is 11.1 Å². The number of alkyl carbamates (subject to hydrolysis) is 1. The van der Waals surface area contributed by atoms with E-state index in [1.807, 2.05) is 0 Å². The third kappa shape index (κ3) is 6.98. The van der Waals surface area contributed by atoms with E-state index in [2.05, 4.69) is 5.32 Å². The fourth-order valence-electron chi connectivity index (χ4n) is 2.58. The quantitative estimate of drug-likeness (QED) is 0.505. The van der Waals surface area contributed by atoms with Gasteiger partial charge in [-0.3, -0.25) is 9.59 Å². The monoisotopic (exact) mass is 434 g/mol. The normalized spacial score (nSPS) is 13.1. The predicted molar refractivity (Wildman–Crippen MR) is 108 cm³/mol. The summed E-state index contributed by atoms with van der Waals surface area (Å²) in [6, 6.07) is 15.1. The zero-order valence-corrected chi connectivity index (χ0v) is 16.7. The molecule has 0 spiro atoms. The van der Waals surface area contributed by atoms with Gasteiger partial charge in [0.25, 0.3) is 0 Å². The molecule has 9 nitrogen and oxygen atoms in total. The Kier molecular flexibility index (Phi) is 8.07. The van der Waals surface area contributed by atoms with Crippen LogP contribution >= 0.6 is 0 Å². The number of carboxylic acid groups (broad SMARTS) is 1. The molecule has 0 aliphatic carbocycles. The van der Waals surface area contributed by atoms with Crippen LogP contribution in [-0.4, -0.2) is 42.8 Å². The maximum atomic E-state index is 12.6. The summed E-state index contributed by atoms with van der Waals surface area (Å²) >= 11 is 0. The van der Waals surface area contributed by atoms with Crippen LogP contribution in [0.4, 0.5) is 4.79 Å². The minimum atomic E-state index is -4.14. The SMILES string of the molecule is NC(C(=O)C(CC(=O)O)NC(=O)OCc1ccccc1)S(=O)(=O)Cc1ccccc1. The first-order valence-corrected chi connectivity index (χ1v) is 10.6. The third-order valence-corrected chi connectivity index (χ3v) is 5.85. The number of benzene rings is 2. The molecule has 0 heterocycles. The topological polar surface area (TPSA) is 153 Å². The summed E-state index contributed by atoms with van der Waals surface area (Å²) in [5.74, 6) is -3.05. The van der Waals surface area contributed by atoms with Crippen molar-refractivity contribution in [3.05, 3.63) is 71.8 Å². The number of hydrogen-bond acceptors (Lipinski definition) is 7. The molecule has 1 amide bonds. The first-order chi connectivity index (χ1) is 14.2. The number of carboxylic acids is 1. The molecule has 2 aromatic rings. The molecule has 0 bridgehead atoms. The van der Waals surface area contributed by atoms with Crippen molar-refractivity contribution in [3.63, 3.8) is 0 Å². The van der Waals surface area contributed by atoms with Crippen LogP contribution in [0.1, 0.15) is 17.5 Å². The van der Waals surface area contributed by atoms with Crippen molar-refractivity contribution >= 4 is 27.7 Å². The maximum absolute atomic E-state index is 12.6. The van der Waals surface area contributed by atoms with Crippen molar-refractivity contribution in [1.29, 1.82) is 0 Å². The van der Waals surface area contributed by atoms with Crippen LogP contribution in [0.3, 0.4) is 0 Å².